The second kappa shape index (κ2) is 4.38. The lowest BCUT2D eigenvalue weighted by molar-refractivity contribution is -0.150. The van der Waals surface area contributed by atoms with Gasteiger partial charge in [-0.3, -0.25) is 4.79 Å². The first-order valence-corrected chi connectivity index (χ1v) is 4.81. The molecule has 0 bridgehead atoms. The van der Waals surface area contributed by atoms with Crippen molar-refractivity contribution >= 4 is 12.0 Å². The van der Waals surface area contributed by atoms with Crippen molar-refractivity contribution in [3.8, 4) is 0 Å². The fourth-order valence-corrected chi connectivity index (χ4v) is 1.16. The van der Waals surface area contributed by atoms with Crippen LogP contribution in [0.25, 0.3) is 0 Å². The zero-order chi connectivity index (χ0) is 10.6. The number of hydrogen-bond donors (Lipinski definition) is 0. The standard InChI is InChI=1S/C10H15NO3/c1-8(2)5-14-9(13)10(3-4-10)6-11-7-12/h8H,3-6H2,1-2H3. The highest BCUT2D eigenvalue weighted by atomic mass is 16.5. The summed E-state index contributed by atoms with van der Waals surface area (Å²) < 4.78 is 5.10. The highest BCUT2D eigenvalue weighted by Crippen LogP contribution is 2.47. The van der Waals surface area contributed by atoms with Gasteiger partial charge in [-0.2, -0.15) is 0 Å². The zero-order valence-corrected chi connectivity index (χ0v) is 8.58. The number of rotatable bonds is 5. The molecule has 1 aliphatic carbocycles. The van der Waals surface area contributed by atoms with Crippen molar-refractivity contribution in [2.24, 2.45) is 16.3 Å². The van der Waals surface area contributed by atoms with Crippen molar-refractivity contribution in [3.05, 3.63) is 0 Å². The Labute approximate surface area is 83.3 Å². The molecular formula is C10H15NO3. The Balaban J connectivity index is 2.39. The molecule has 78 valence electrons. The zero-order valence-electron chi connectivity index (χ0n) is 8.58. The topological polar surface area (TPSA) is 55.7 Å². The molecule has 1 aliphatic rings. The van der Waals surface area contributed by atoms with Gasteiger partial charge in [-0.05, 0) is 18.8 Å². The van der Waals surface area contributed by atoms with Crippen molar-refractivity contribution < 1.29 is 14.3 Å². The number of carbonyl (C=O) groups excluding carboxylic acids is 2. The number of aliphatic imine (C=N–C) groups is 1. The van der Waals surface area contributed by atoms with E-state index in [9.17, 15) is 9.59 Å². The highest BCUT2D eigenvalue weighted by Gasteiger charge is 2.51. The third-order valence-corrected chi connectivity index (χ3v) is 2.28. The molecule has 0 aromatic heterocycles. The Morgan fingerprint density at radius 1 is 1.57 bits per heavy atom. The quantitative estimate of drug-likeness (QED) is 0.379. The van der Waals surface area contributed by atoms with E-state index >= 15 is 0 Å². The summed E-state index contributed by atoms with van der Waals surface area (Å²) in [6.45, 7) is 4.63. The lowest BCUT2D eigenvalue weighted by Crippen LogP contribution is -2.23. The van der Waals surface area contributed by atoms with Crippen molar-refractivity contribution in [2.45, 2.75) is 26.7 Å². The maximum absolute atomic E-state index is 11.5. The van der Waals surface area contributed by atoms with Crippen molar-refractivity contribution in [1.82, 2.24) is 0 Å². The fourth-order valence-electron chi connectivity index (χ4n) is 1.16. The first-order valence-electron chi connectivity index (χ1n) is 4.81. The van der Waals surface area contributed by atoms with Crippen LogP contribution in [0.5, 0.6) is 0 Å². The highest BCUT2D eigenvalue weighted by molar-refractivity contribution is 5.80. The summed E-state index contributed by atoms with van der Waals surface area (Å²) in [5, 5.41) is 0. The third-order valence-electron chi connectivity index (χ3n) is 2.28. The summed E-state index contributed by atoms with van der Waals surface area (Å²) in [6.07, 6.45) is 3.00. The first kappa shape index (κ1) is 10.9. The van der Waals surface area contributed by atoms with Gasteiger partial charge in [0.1, 0.15) is 0 Å². The molecule has 0 saturated heterocycles. The Morgan fingerprint density at radius 3 is 2.64 bits per heavy atom. The van der Waals surface area contributed by atoms with Crippen LogP contribution in [0.15, 0.2) is 4.99 Å². The molecule has 0 aromatic rings. The SMILES string of the molecule is CC(C)COC(=O)C1(CN=C=O)CC1. The second-order valence-corrected chi connectivity index (χ2v) is 4.18. The molecule has 0 radical (unpaired) electrons. The van der Waals surface area contributed by atoms with E-state index in [0.29, 0.717) is 12.5 Å². The van der Waals surface area contributed by atoms with Gasteiger partial charge in [-0.25, -0.2) is 9.79 Å². The van der Waals surface area contributed by atoms with E-state index in [1.54, 1.807) is 0 Å². The summed E-state index contributed by atoms with van der Waals surface area (Å²) in [7, 11) is 0. The van der Waals surface area contributed by atoms with E-state index < -0.39 is 5.41 Å². The Kier molecular flexibility index (Phi) is 3.42. The Bertz CT molecular complexity index is 263. The maximum atomic E-state index is 11.5. The number of nitrogens with zero attached hydrogens (tertiary/aromatic N) is 1. The third kappa shape index (κ3) is 2.67. The Hall–Kier alpha value is -1.15. The predicted octanol–water partition coefficient (Wildman–Crippen LogP) is 1.30. The molecule has 0 atom stereocenters. The molecule has 0 aromatic carbocycles. The summed E-state index contributed by atoms with van der Waals surface area (Å²) in [5.74, 6) is 0.120. The largest absolute Gasteiger partial charge is 0.465 e. The molecule has 0 spiro atoms. The van der Waals surface area contributed by atoms with Gasteiger partial charge in [-0.15, -0.1) is 0 Å². The first-order chi connectivity index (χ1) is 6.60. The number of carbonyl (C=O) groups is 1. The minimum Gasteiger partial charge on any atom is -0.465 e. The number of esters is 1. The summed E-state index contributed by atoms with van der Waals surface area (Å²) >= 11 is 0. The summed E-state index contributed by atoms with van der Waals surface area (Å²) in [5.41, 5.74) is -0.494. The van der Waals surface area contributed by atoms with Crippen LogP contribution in [-0.2, 0) is 14.3 Å². The van der Waals surface area contributed by atoms with E-state index in [1.807, 2.05) is 13.8 Å². The normalized spacial score (nSPS) is 17.4. The minimum absolute atomic E-state index is 0.217. The number of isocyanates is 1. The smallest absolute Gasteiger partial charge is 0.314 e. The molecule has 0 N–H and O–H groups in total. The van der Waals surface area contributed by atoms with Gasteiger partial charge in [0.25, 0.3) is 0 Å². The van der Waals surface area contributed by atoms with Gasteiger partial charge in [-0.1, -0.05) is 13.8 Å². The number of hydrogen-bond acceptors (Lipinski definition) is 4. The van der Waals surface area contributed by atoms with Crippen LogP contribution in [-0.4, -0.2) is 25.2 Å². The molecule has 1 rings (SSSR count). The summed E-state index contributed by atoms with van der Waals surface area (Å²) in [6, 6.07) is 0. The molecule has 0 amide bonds. The van der Waals surface area contributed by atoms with Crippen LogP contribution in [0.4, 0.5) is 0 Å². The van der Waals surface area contributed by atoms with E-state index in [0.717, 1.165) is 12.8 Å². The molecule has 4 nitrogen and oxygen atoms in total. The lowest BCUT2D eigenvalue weighted by Gasteiger charge is -2.12. The predicted molar refractivity (Wildman–Crippen MR) is 50.5 cm³/mol. The van der Waals surface area contributed by atoms with Gasteiger partial charge in [0.15, 0.2) is 0 Å². The van der Waals surface area contributed by atoms with E-state index in [-0.39, 0.29) is 12.5 Å². The second-order valence-electron chi connectivity index (χ2n) is 4.18. The number of ether oxygens (including phenoxy) is 1. The monoisotopic (exact) mass is 197 g/mol. The van der Waals surface area contributed by atoms with Gasteiger partial charge < -0.3 is 4.74 Å². The van der Waals surface area contributed by atoms with Gasteiger partial charge >= 0.3 is 5.97 Å². The molecule has 0 heterocycles. The molecule has 1 fully saturated rings. The maximum Gasteiger partial charge on any atom is 0.314 e. The summed E-state index contributed by atoms with van der Waals surface area (Å²) in [4.78, 5) is 24.9. The van der Waals surface area contributed by atoms with Crippen LogP contribution in [0.1, 0.15) is 26.7 Å². The van der Waals surface area contributed by atoms with Gasteiger partial charge in [0.2, 0.25) is 6.08 Å². The van der Waals surface area contributed by atoms with Crippen molar-refractivity contribution in [2.75, 3.05) is 13.2 Å². The van der Waals surface area contributed by atoms with Crippen molar-refractivity contribution in [1.29, 1.82) is 0 Å². The Morgan fingerprint density at radius 2 is 2.21 bits per heavy atom. The molecule has 4 heteroatoms. The van der Waals surface area contributed by atoms with E-state index in [1.165, 1.54) is 6.08 Å². The average Bonchev–Trinajstić information content (AvgIpc) is 2.92. The van der Waals surface area contributed by atoms with Crippen LogP contribution >= 0.6 is 0 Å². The van der Waals surface area contributed by atoms with Crippen LogP contribution < -0.4 is 0 Å². The average molecular weight is 197 g/mol. The van der Waals surface area contributed by atoms with Crippen molar-refractivity contribution in [3.63, 3.8) is 0 Å². The van der Waals surface area contributed by atoms with Gasteiger partial charge in [0, 0.05) is 0 Å². The van der Waals surface area contributed by atoms with E-state index in [2.05, 4.69) is 4.99 Å². The van der Waals surface area contributed by atoms with Crippen LogP contribution in [0.3, 0.4) is 0 Å². The van der Waals surface area contributed by atoms with E-state index in [4.69, 9.17) is 4.74 Å². The molecule has 0 aliphatic heterocycles. The molecule has 1 saturated carbocycles. The lowest BCUT2D eigenvalue weighted by atomic mass is 10.1. The fraction of sp³-hybridized carbons (Fsp3) is 0.800. The molecule has 0 unspecified atom stereocenters. The van der Waals surface area contributed by atoms with Crippen LogP contribution in [0, 0.1) is 11.3 Å². The minimum atomic E-state index is -0.494. The molecule has 14 heavy (non-hydrogen) atoms. The van der Waals surface area contributed by atoms with Gasteiger partial charge in [0.05, 0.1) is 18.6 Å². The van der Waals surface area contributed by atoms with Crippen LogP contribution in [0.2, 0.25) is 0 Å². The molecular weight excluding hydrogens is 182 g/mol.